The van der Waals surface area contributed by atoms with Crippen LogP contribution in [0.5, 0.6) is 0 Å². The number of aromatic nitrogens is 5. The van der Waals surface area contributed by atoms with Gasteiger partial charge in [-0.25, -0.2) is 4.68 Å². The molecule has 1 N–H and O–H groups in total. The van der Waals surface area contributed by atoms with Crippen molar-refractivity contribution in [1.82, 2.24) is 30.1 Å². The molecule has 0 atom stereocenters. The van der Waals surface area contributed by atoms with Gasteiger partial charge >= 0.3 is 0 Å². The normalized spacial score (nSPS) is 11.5. The summed E-state index contributed by atoms with van der Waals surface area (Å²) in [5, 5.41) is 13.2. The Balaban J connectivity index is 1.66. The van der Waals surface area contributed by atoms with Crippen molar-refractivity contribution in [2.24, 2.45) is 0 Å². The standard InChI is InChI=1S/C24H28N6O2/c1-17-9-10-18(2)23-21(17)13-20(24(31)25-23)15-29(14-19-7-5-4-6-8-19)16-22-26-27-28-30(22)11-12-32-3/h4-10,13H,11-12,14-16H2,1-3H3,(H,25,31). The van der Waals surface area contributed by atoms with Crippen molar-refractivity contribution in [2.45, 2.75) is 40.0 Å². The van der Waals surface area contributed by atoms with E-state index in [-0.39, 0.29) is 5.56 Å². The topological polar surface area (TPSA) is 88.9 Å². The Morgan fingerprint density at radius 2 is 1.81 bits per heavy atom. The first kappa shape index (κ1) is 21.9. The van der Waals surface area contributed by atoms with E-state index in [1.807, 2.05) is 37.3 Å². The average Bonchev–Trinajstić information content (AvgIpc) is 3.23. The van der Waals surface area contributed by atoms with Crippen molar-refractivity contribution in [3.63, 3.8) is 0 Å². The molecular weight excluding hydrogens is 404 g/mol. The van der Waals surface area contributed by atoms with Gasteiger partial charge in [-0.15, -0.1) is 5.10 Å². The van der Waals surface area contributed by atoms with Crippen molar-refractivity contribution in [3.05, 3.63) is 87.0 Å². The van der Waals surface area contributed by atoms with E-state index in [4.69, 9.17) is 4.74 Å². The number of aryl methyl sites for hydroxylation is 2. The molecule has 0 radical (unpaired) electrons. The number of benzene rings is 2. The maximum Gasteiger partial charge on any atom is 0.252 e. The van der Waals surface area contributed by atoms with Crippen LogP contribution in [0.2, 0.25) is 0 Å². The lowest BCUT2D eigenvalue weighted by molar-refractivity contribution is 0.177. The van der Waals surface area contributed by atoms with Crippen LogP contribution in [0.1, 0.15) is 28.1 Å². The highest BCUT2D eigenvalue weighted by Crippen LogP contribution is 2.21. The van der Waals surface area contributed by atoms with Crippen molar-refractivity contribution < 1.29 is 4.74 Å². The van der Waals surface area contributed by atoms with Gasteiger partial charge < -0.3 is 9.72 Å². The van der Waals surface area contributed by atoms with Gasteiger partial charge in [-0.2, -0.15) is 0 Å². The van der Waals surface area contributed by atoms with Gasteiger partial charge in [0.25, 0.3) is 5.56 Å². The molecule has 8 heteroatoms. The van der Waals surface area contributed by atoms with Gasteiger partial charge in [-0.05, 0) is 47.0 Å². The van der Waals surface area contributed by atoms with E-state index < -0.39 is 0 Å². The molecule has 0 aliphatic rings. The molecule has 0 bridgehead atoms. The minimum atomic E-state index is -0.0664. The third-order valence-electron chi connectivity index (χ3n) is 5.64. The molecule has 0 saturated heterocycles. The predicted octanol–water partition coefficient (Wildman–Crippen LogP) is 2.98. The summed E-state index contributed by atoms with van der Waals surface area (Å²) in [4.78, 5) is 18.2. The number of nitrogens with one attached hydrogen (secondary N) is 1. The van der Waals surface area contributed by atoms with Crippen LogP contribution in [-0.4, -0.2) is 43.8 Å². The van der Waals surface area contributed by atoms with Gasteiger partial charge in [0, 0.05) is 31.1 Å². The lowest BCUT2D eigenvalue weighted by Gasteiger charge is -2.22. The number of nitrogens with zero attached hydrogens (tertiary/aromatic N) is 5. The van der Waals surface area contributed by atoms with Crippen LogP contribution in [0, 0.1) is 13.8 Å². The van der Waals surface area contributed by atoms with Crippen LogP contribution in [0.4, 0.5) is 0 Å². The molecule has 2 aromatic heterocycles. The molecule has 4 aromatic rings. The number of ether oxygens (including phenoxy) is 1. The van der Waals surface area contributed by atoms with Crippen LogP contribution < -0.4 is 5.56 Å². The van der Waals surface area contributed by atoms with Gasteiger partial charge in [0.1, 0.15) is 0 Å². The Bertz CT molecular complexity index is 1250. The fraction of sp³-hybridized carbons (Fsp3) is 0.333. The largest absolute Gasteiger partial charge is 0.383 e. The number of hydrogen-bond acceptors (Lipinski definition) is 6. The van der Waals surface area contributed by atoms with Gasteiger partial charge in [-0.3, -0.25) is 9.69 Å². The highest BCUT2D eigenvalue weighted by atomic mass is 16.5. The maximum atomic E-state index is 13.0. The molecule has 0 unspecified atom stereocenters. The first-order chi connectivity index (χ1) is 15.5. The summed E-state index contributed by atoms with van der Waals surface area (Å²) in [6.07, 6.45) is 0. The summed E-state index contributed by atoms with van der Waals surface area (Å²) in [5.74, 6) is 0.738. The van der Waals surface area contributed by atoms with Crippen LogP contribution in [0.3, 0.4) is 0 Å². The van der Waals surface area contributed by atoms with Gasteiger partial charge in [0.05, 0.1) is 25.2 Å². The zero-order chi connectivity index (χ0) is 22.5. The van der Waals surface area contributed by atoms with Crippen molar-refractivity contribution in [1.29, 1.82) is 0 Å². The molecule has 0 saturated carbocycles. The average molecular weight is 433 g/mol. The van der Waals surface area contributed by atoms with E-state index in [1.54, 1.807) is 11.8 Å². The number of methoxy groups -OCH3 is 1. The van der Waals surface area contributed by atoms with Crippen LogP contribution in [0.15, 0.2) is 53.3 Å². The Morgan fingerprint density at radius 1 is 1.03 bits per heavy atom. The summed E-state index contributed by atoms with van der Waals surface area (Å²) in [7, 11) is 1.65. The van der Waals surface area contributed by atoms with E-state index in [1.165, 1.54) is 0 Å². The number of rotatable bonds is 9. The Hall–Kier alpha value is -3.36. The van der Waals surface area contributed by atoms with Gasteiger partial charge in [-0.1, -0.05) is 42.5 Å². The second-order valence-electron chi connectivity index (χ2n) is 8.05. The van der Waals surface area contributed by atoms with Crippen LogP contribution in [0.25, 0.3) is 10.9 Å². The smallest absolute Gasteiger partial charge is 0.252 e. The Labute approximate surface area is 186 Å². The zero-order valence-electron chi connectivity index (χ0n) is 18.7. The second kappa shape index (κ2) is 9.84. The lowest BCUT2D eigenvalue weighted by atomic mass is 10.0. The lowest BCUT2D eigenvalue weighted by Crippen LogP contribution is -2.28. The molecule has 4 rings (SSSR count). The molecule has 2 heterocycles. The fourth-order valence-electron chi connectivity index (χ4n) is 3.87. The fourth-order valence-corrected chi connectivity index (χ4v) is 3.87. The van der Waals surface area contributed by atoms with E-state index in [2.05, 4.69) is 50.5 Å². The van der Waals surface area contributed by atoms with Crippen molar-refractivity contribution in [3.8, 4) is 0 Å². The summed E-state index contributed by atoms with van der Waals surface area (Å²) >= 11 is 0. The van der Waals surface area contributed by atoms with Crippen molar-refractivity contribution >= 4 is 10.9 Å². The SMILES string of the molecule is COCCn1nnnc1CN(Cc1ccccc1)Cc1cc2c(C)ccc(C)c2[nH]c1=O. The number of pyridine rings is 1. The number of H-pyrrole nitrogens is 1. The molecular formula is C24H28N6O2. The summed E-state index contributed by atoms with van der Waals surface area (Å²) in [6.45, 7) is 6.84. The van der Waals surface area contributed by atoms with Crippen molar-refractivity contribution in [2.75, 3.05) is 13.7 Å². The van der Waals surface area contributed by atoms with E-state index in [0.717, 1.165) is 39.0 Å². The van der Waals surface area contributed by atoms with Crippen LogP contribution >= 0.6 is 0 Å². The molecule has 0 aliphatic carbocycles. The highest BCUT2D eigenvalue weighted by molar-refractivity contribution is 5.85. The monoisotopic (exact) mass is 432 g/mol. The van der Waals surface area contributed by atoms with E-state index in [9.17, 15) is 4.79 Å². The maximum absolute atomic E-state index is 13.0. The molecule has 0 fully saturated rings. The quantitative estimate of drug-likeness (QED) is 0.437. The minimum absolute atomic E-state index is 0.0664. The molecule has 0 spiro atoms. The molecule has 0 amide bonds. The zero-order valence-corrected chi connectivity index (χ0v) is 18.7. The summed E-state index contributed by atoms with van der Waals surface area (Å²) in [5.41, 5.74) is 4.92. The predicted molar refractivity (Wildman–Crippen MR) is 123 cm³/mol. The number of fused-ring (bicyclic) bond motifs is 1. The van der Waals surface area contributed by atoms with E-state index in [0.29, 0.717) is 32.8 Å². The molecule has 2 aromatic carbocycles. The summed E-state index contributed by atoms with van der Waals surface area (Å²) in [6, 6.07) is 16.3. The Kier molecular flexibility index (Phi) is 6.72. The first-order valence-electron chi connectivity index (χ1n) is 10.7. The number of aromatic amines is 1. The van der Waals surface area contributed by atoms with Gasteiger partial charge in [0.15, 0.2) is 5.82 Å². The second-order valence-corrected chi connectivity index (χ2v) is 8.05. The van der Waals surface area contributed by atoms with E-state index >= 15 is 0 Å². The highest BCUT2D eigenvalue weighted by Gasteiger charge is 2.16. The van der Waals surface area contributed by atoms with Crippen LogP contribution in [-0.2, 0) is 30.9 Å². The Morgan fingerprint density at radius 3 is 2.59 bits per heavy atom. The molecule has 0 aliphatic heterocycles. The summed E-state index contributed by atoms with van der Waals surface area (Å²) < 4.78 is 6.92. The number of tetrazole rings is 1. The molecule has 166 valence electrons. The third kappa shape index (κ3) is 4.92. The minimum Gasteiger partial charge on any atom is -0.383 e. The molecule has 32 heavy (non-hydrogen) atoms. The van der Waals surface area contributed by atoms with Gasteiger partial charge in [0.2, 0.25) is 0 Å². The third-order valence-corrected chi connectivity index (χ3v) is 5.64. The molecule has 8 nitrogen and oxygen atoms in total. The number of hydrogen-bond donors (Lipinski definition) is 1. The first-order valence-corrected chi connectivity index (χ1v) is 10.7.